The molecule has 2 aromatic carbocycles. The molecule has 5 rings (SSSR count). The smallest absolute Gasteiger partial charge is 0.318 e. The summed E-state index contributed by atoms with van der Waals surface area (Å²) in [5.74, 6) is 0.771. The number of fused-ring (bicyclic) bond motifs is 3. The van der Waals surface area contributed by atoms with Crippen molar-refractivity contribution in [3.8, 4) is 17.2 Å². The maximum Gasteiger partial charge on any atom is 0.318 e. The molecule has 0 radical (unpaired) electrons. The van der Waals surface area contributed by atoms with Crippen molar-refractivity contribution in [3.05, 3.63) is 78.2 Å². The number of rotatable bonds is 6. The van der Waals surface area contributed by atoms with Crippen molar-refractivity contribution in [2.24, 2.45) is 5.92 Å². The van der Waals surface area contributed by atoms with E-state index in [-0.39, 0.29) is 23.2 Å². The molecule has 2 N–H and O–H groups in total. The summed E-state index contributed by atoms with van der Waals surface area (Å²) in [7, 11) is 1.43. The predicted octanol–water partition coefficient (Wildman–Crippen LogP) is 5.34. The molecule has 186 valence electrons. The molecule has 1 aliphatic carbocycles. The molecule has 1 amide bonds. The fourth-order valence-corrected chi connectivity index (χ4v) is 5.98. The minimum atomic E-state index is -0.746. The van der Waals surface area contributed by atoms with Crippen molar-refractivity contribution in [1.82, 2.24) is 5.32 Å². The van der Waals surface area contributed by atoms with Crippen LogP contribution in [0.5, 0.6) is 17.2 Å². The molecule has 1 aliphatic heterocycles. The summed E-state index contributed by atoms with van der Waals surface area (Å²) in [5.41, 5.74) is 1.62. The van der Waals surface area contributed by atoms with Gasteiger partial charge in [0, 0.05) is 10.9 Å². The van der Waals surface area contributed by atoms with Crippen LogP contribution in [0, 0.1) is 26.1 Å². The zero-order chi connectivity index (χ0) is 25.6. The second kappa shape index (κ2) is 9.11. The number of carbonyl (C=O) groups excluding carboxylic acids is 1. The van der Waals surface area contributed by atoms with E-state index in [1.54, 1.807) is 29.5 Å². The van der Waals surface area contributed by atoms with Gasteiger partial charge in [-0.15, -0.1) is 11.3 Å². The molecule has 0 saturated carbocycles. The van der Waals surface area contributed by atoms with Gasteiger partial charge in [0.1, 0.15) is 11.2 Å². The number of hydrogen-bond acceptors (Lipinski definition) is 9. The fraction of sp³-hybridized carbons (Fsp3) is 0.292. The normalized spacial score (nSPS) is 18.3. The third kappa shape index (κ3) is 4.19. The van der Waals surface area contributed by atoms with Gasteiger partial charge >= 0.3 is 5.69 Å². The maximum absolute atomic E-state index is 13.0. The number of non-ortho nitro benzene ring substituents is 1. The van der Waals surface area contributed by atoms with Crippen LogP contribution < -0.4 is 20.1 Å². The first kappa shape index (κ1) is 23.5. The Balaban J connectivity index is 1.42. The number of nitro groups is 2. The van der Waals surface area contributed by atoms with Crippen LogP contribution in [-0.4, -0.2) is 22.9 Å². The Morgan fingerprint density at radius 3 is 2.53 bits per heavy atom. The molecular weight excluding hydrogens is 488 g/mol. The van der Waals surface area contributed by atoms with E-state index >= 15 is 0 Å². The number of thiophene rings is 1. The number of nitro benzene ring substituents is 2. The zero-order valence-corrected chi connectivity index (χ0v) is 20.2. The quantitative estimate of drug-likeness (QED) is 0.334. The average molecular weight is 511 g/mol. The molecule has 2 unspecified atom stereocenters. The zero-order valence-electron chi connectivity index (χ0n) is 19.4. The number of anilines is 1. The van der Waals surface area contributed by atoms with Crippen LogP contribution in [0.15, 0.2) is 36.4 Å². The van der Waals surface area contributed by atoms with E-state index < -0.39 is 27.4 Å². The Hall–Kier alpha value is -4.19. The molecule has 12 heteroatoms. The van der Waals surface area contributed by atoms with E-state index in [1.165, 1.54) is 18.1 Å². The fourth-order valence-electron chi connectivity index (χ4n) is 4.54. The number of amides is 1. The highest BCUT2D eigenvalue weighted by atomic mass is 32.1. The van der Waals surface area contributed by atoms with Gasteiger partial charge in [0.2, 0.25) is 5.75 Å². The van der Waals surface area contributed by atoms with Crippen LogP contribution in [-0.2, 0) is 12.8 Å². The van der Waals surface area contributed by atoms with Gasteiger partial charge in [0.15, 0.2) is 11.5 Å². The van der Waals surface area contributed by atoms with Crippen LogP contribution in [0.25, 0.3) is 0 Å². The first-order valence-electron chi connectivity index (χ1n) is 11.3. The van der Waals surface area contributed by atoms with Gasteiger partial charge in [-0.2, -0.15) is 0 Å². The van der Waals surface area contributed by atoms with Gasteiger partial charge in [0.05, 0.1) is 28.6 Å². The van der Waals surface area contributed by atoms with Crippen LogP contribution >= 0.6 is 11.3 Å². The molecule has 2 atom stereocenters. The van der Waals surface area contributed by atoms with Gasteiger partial charge in [-0.25, -0.2) is 0 Å². The van der Waals surface area contributed by atoms with Crippen molar-refractivity contribution >= 4 is 33.6 Å². The van der Waals surface area contributed by atoms with E-state index in [4.69, 9.17) is 9.47 Å². The van der Waals surface area contributed by atoms with Crippen LogP contribution in [0.3, 0.4) is 0 Å². The largest absolute Gasteiger partial charge is 0.493 e. The Kier molecular flexibility index (Phi) is 5.96. The SMILES string of the molecule is COc1cc(C2NC(=O)c3c(sc4c3CCC(C)C4)N2)ccc1Oc1ccc([N+](=O)[O-])cc1[N+](=O)[O-]. The van der Waals surface area contributed by atoms with E-state index in [9.17, 15) is 25.0 Å². The second-order valence-corrected chi connectivity index (χ2v) is 9.89. The third-order valence-corrected chi connectivity index (χ3v) is 7.57. The number of benzene rings is 2. The Bertz CT molecular complexity index is 1400. The van der Waals surface area contributed by atoms with E-state index in [0.717, 1.165) is 47.5 Å². The number of carbonyl (C=O) groups is 1. The molecule has 2 aliphatic rings. The van der Waals surface area contributed by atoms with Crippen LogP contribution in [0.1, 0.15) is 45.9 Å². The van der Waals surface area contributed by atoms with E-state index in [2.05, 4.69) is 17.6 Å². The summed E-state index contributed by atoms with van der Waals surface area (Å²) in [6.07, 6.45) is 2.44. The molecule has 1 aromatic heterocycles. The van der Waals surface area contributed by atoms with E-state index in [0.29, 0.717) is 11.5 Å². The molecule has 3 aromatic rings. The van der Waals surface area contributed by atoms with Gasteiger partial charge < -0.3 is 20.1 Å². The molecule has 0 saturated heterocycles. The molecule has 0 fully saturated rings. The first-order chi connectivity index (χ1) is 17.2. The summed E-state index contributed by atoms with van der Waals surface area (Å²) in [6, 6.07) is 8.11. The highest BCUT2D eigenvalue weighted by molar-refractivity contribution is 7.16. The number of nitrogens with zero attached hydrogens (tertiary/aromatic N) is 2. The number of ether oxygens (including phenoxy) is 2. The van der Waals surface area contributed by atoms with E-state index in [1.807, 2.05) is 0 Å². The van der Waals surface area contributed by atoms with Crippen molar-refractivity contribution in [2.45, 2.75) is 32.4 Å². The van der Waals surface area contributed by atoms with Gasteiger partial charge in [-0.1, -0.05) is 13.0 Å². The lowest BCUT2D eigenvalue weighted by Gasteiger charge is -2.27. The number of nitrogens with one attached hydrogen (secondary N) is 2. The van der Waals surface area contributed by atoms with Crippen molar-refractivity contribution in [2.75, 3.05) is 12.4 Å². The summed E-state index contributed by atoms with van der Waals surface area (Å²) in [6.45, 7) is 2.22. The summed E-state index contributed by atoms with van der Waals surface area (Å²) < 4.78 is 11.2. The molecule has 36 heavy (non-hydrogen) atoms. The predicted molar refractivity (Wildman–Crippen MR) is 132 cm³/mol. The summed E-state index contributed by atoms with van der Waals surface area (Å²) in [5, 5.41) is 29.7. The average Bonchev–Trinajstić information content (AvgIpc) is 3.22. The standard InChI is InChI=1S/C24H22N4O7S/c1-12-3-6-15-20(9-12)36-24-21(15)23(29)25-22(26-24)13-4-7-18(19(10-13)34-2)35-17-8-5-14(27(30)31)11-16(17)28(32)33/h4-5,7-8,10-12,22,26H,3,6,9H2,1-2H3,(H,25,29). The lowest BCUT2D eigenvalue weighted by molar-refractivity contribution is -0.394. The first-order valence-corrected chi connectivity index (χ1v) is 12.1. The van der Waals surface area contributed by atoms with Crippen molar-refractivity contribution in [3.63, 3.8) is 0 Å². The highest BCUT2D eigenvalue weighted by Gasteiger charge is 2.33. The Morgan fingerprint density at radius 2 is 1.81 bits per heavy atom. The second-order valence-electron chi connectivity index (χ2n) is 8.79. The summed E-state index contributed by atoms with van der Waals surface area (Å²) >= 11 is 1.63. The maximum atomic E-state index is 13.0. The topological polar surface area (TPSA) is 146 Å². The Labute approximate surface area is 209 Å². The molecule has 2 heterocycles. The highest BCUT2D eigenvalue weighted by Crippen LogP contribution is 2.44. The minimum absolute atomic E-state index is 0.124. The van der Waals surface area contributed by atoms with Crippen LogP contribution in [0.2, 0.25) is 0 Å². The van der Waals surface area contributed by atoms with Crippen LogP contribution in [0.4, 0.5) is 16.4 Å². The number of hydrogen-bond donors (Lipinski definition) is 2. The summed E-state index contributed by atoms with van der Waals surface area (Å²) in [4.78, 5) is 35.2. The molecule has 0 spiro atoms. The lowest BCUT2D eigenvalue weighted by atomic mass is 9.88. The molecule has 11 nitrogen and oxygen atoms in total. The molecule has 0 bridgehead atoms. The monoisotopic (exact) mass is 510 g/mol. The van der Waals surface area contributed by atoms with Gasteiger partial charge in [0.25, 0.3) is 11.6 Å². The van der Waals surface area contributed by atoms with Gasteiger partial charge in [-0.05, 0) is 54.5 Å². The minimum Gasteiger partial charge on any atom is -0.493 e. The van der Waals surface area contributed by atoms with Crippen molar-refractivity contribution < 1.29 is 24.1 Å². The third-order valence-electron chi connectivity index (χ3n) is 6.38. The Morgan fingerprint density at radius 1 is 1.03 bits per heavy atom. The lowest BCUT2D eigenvalue weighted by Crippen LogP contribution is -2.38. The van der Waals surface area contributed by atoms with Gasteiger partial charge in [-0.3, -0.25) is 25.0 Å². The number of methoxy groups -OCH3 is 1. The van der Waals surface area contributed by atoms with Crippen molar-refractivity contribution in [1.29, 1.82) is 0 Å². The molecular formula is C24H22N4O7S.